The molecule has 1 aromatic carbocycles. The zero-order valence-electron chi connectivity index (χ0n) is 18.0. The Balaban J connectivity index is 1.52. The third-order valence-corrected chi connectivity index (χ3v) is 6.65. The lowest BCUT2D eigenvalue weighted by Crippen LogP contribution is -2.46. The van der Waals surface area contributed by atoms with Crippen LogP contribution in [0.1, 0.15) is 50.5 Å². The molecule has 1 aromatic heterocycles. The largest absolute Gasteiger partial charge is 0.469 e. The van der Waals surface area contributed by atoms with E-state index < -0.39 is 0 Å². The second kappa shape index (κ2) is 7.94. The first-order valence-corrected chi connectivity index (χ1v) is 10.7. The standard InChI is InChI=1S/C24H32N2O3/c1-24(2,3)18-11-17(23(27)28-4)13-26(14-18)15-19-12-22(25-29-19)21-10-6-8-16-7-5-9-20(16)21/h6,8,10,12,17-18H,5,7,9,11,13-15H2,1-4H3. The van der Waals surface area contributed by atoms with Gasteiger partial charge < -0.3 is 9.26 Å². The van der Waals surface area contributed by atoms with Gasteiger partial charge in [0.25, 0.3) is 0 Å². The molecule has 1 aliphatic heterocycles. The summed E-state index contributed by atoms with van der Waals surface area (Å²) in [6.45, 7) is 9.07. The Morgan fingerprint density at radius 3 is 2.86 bits per heavy atom. The third kappa shape index (κ3) is 4.25. The summed E-state index contributed by atoms with van der Waals surface area (Å²) in [6.07, 6.45) is 4.37. The Kier molecular flexibility index (Phi) is 5.52. The van der Waals surface area contributed by atoms with Gasteiger partial charge in [-0.15, -0.1) is 0 Å². The molecular formula is C24H32N2O3. The highest BCUT2D eigenvalue weighted by Gasteiger charge is 2.37. The summed E-state index contributed by atoms with van der Waals surface area (Å²) in [7, 11) is 1.48. The lowest BCUT2D eigenvalue weighted by Gasteiger charge is -2.42. The van der Waals surface area contributed by atoms with Crippen LogP contribution in [0.25, 0.3) is 11.3 Å². The number of methoxy groups -OCH3 is 1. The summed E-state index contributed by atoms with van der Waals surface area (Å²) in [4.78, 5) is 14.6. The van der Waals surface area contributed by atoms with E-state index in [0.29, 0.717) is 19.0 Å². The zero-order valence-corrected chi connectivity index (χ0v) is 18.0. The van der Waals surface area contributed by atoms with E-state index in [1.54, 1.807) is 0 Å². The number of ether oxygens (including phenoxy) is 1. The molecule has 2 aromatic rings. The first-order valence-electron chi connectivity index (χ1n) is 10.7. The van der Waals surface area contributed by atoms with Crippen LogP contribution in [0.15, 0.2) is 28.8 Å². The van der Waals surface area contributed by atoms with Crippen LogP contribution >= 0.6 is 0 Å². The second-order valence-electron chi connectivity index (χ2n) is 9.69. The fraction of sp³-hybridized carbons (Fsp3) is 0.583. The quantitative estimate of drug-likeness (QED) is 0.713. The van der Waals surface area contributed by atoms with Gasteiger partial charge >= 0.3 is 5.97 Å². The normalized spacial score (nSPS) is 22.5. The van der Waals surface area contributed by atoms with Gasteiger partial charge in [-0.25, -0.2) is 0 Å². The van der Waals surface area contributed by atoms with Crippen molar-refractivity contribution < 1.29 is 14.1 Å². The minimum absolute atomic E-state index is 0.0854. The first-order chi connectivity index (χ1) is 13.8. The molecule has 0 amide bonds. The highest BCUT2D eigenvalue weighted by Crippen LogP contribution is 2.37. The molecular weight excluding hydrogens is 364 g/mol. The summed E-state index contributed by atoms with van der Waals surface area (Å²) in [5.41, 5.74) is 5.13. The molecule has 5 heteroatoms. The number of benzene rings is 1. The van der Waals surface area contributed by atoms with E-state index >= 15 is 0 Å². The van der Waals surface area contributed by atoms with E-state index in [4.69, 9.17) is 9.26 Å². The number of carbonyl (C=O) groups excluding carboxylic acids is 1. The molecule has 0 N–H and O–H groups in total. The van der Waals surface area contributed by atoms with Gasteiger partial charge in [0.15, 0.2) is 5.76 Å². The van der Waals surface area contributed by atoms with Crippen molar-refractivity contribution in [1.82, 2.24) is 10.1 Å². The number of nitrogens with zero attached hydrogens (tertiary/aromatic N) is 2. The van der Waals surface area contributed by atoms with Crippen LogP contribution < -0.4 is 0 Å². The molecule has 0 saturated carbocycles. The predicted octanol–water partition coefficient (Wildman–Crippen LogP) is 4.49. The lowest BCUT2D eigenvalue weighted by molar-refractivity contribution is -0.149. The van der Waals surface area contributed by atoms with E-state index in [-0.39, 0.29) is 17.3 Å². The van der Waals surface area contributed by atoms with Crippen molar-refractivity contribution in [1.29, 1.82) is 0 Å². The van der Waals surface area contributed by atoms with Gasteiger partial charge in [-0.2, -0.15) is 0 Å². The van der Waals surface area contributed by atoms with Crippen LogP contribution in [-0.2, 0) is 28.9 Å². The summed E-state index contributed by atoms with van der Waals surface area (Å²) < 4.78 is 10.8. The number of fused-ring (bicyclic) bond motifs is 1. The average Bonchev–Trinajstić information content (AvgIpc) is 3.35. The maximum atomic E-state index is 12.3. The van der Waals surface area contributed by atoms with E-state index in [0.717, 1.165) is 37.3 Å². The predicted molar refractivity (Wildman–Crippen MR) is 112 cm³/mol. The van der Waals surface area contributed by atoms with Crippen molar-refractivity contribution in [2.24, 2.45) is 17.3 Å². The molecule has 1 fully saturated rings. The number of carbonyl (C=O) groups is 1. The molecule has 1 saturated heterocycles. The topological polar surface area (TPSA) is 55.6 Å². The van der Waals surface area contributed by atoms with Crippen molar-refractivity contribution >= 4 is 5.97 Å². The van der Waals surface area contributed by atoms with Crippen molar-refractivity contribution in [2.45, 2.75) is 53.0 Å². The van der Waals surface area contributed by atoms with Crippen LogP contribution in [0.5, 0.6) is 0 Å². The molecule has 0 radical (unpaired) electrons. The molecule has 29 heavy (non-hydrogen) atoms. The fourth-order valence-corrected chi connectivity index (χ4v) is 4.88. The molecule has 1 aliphatic carbocycles. The Bertz CT molecular complexity index is 880. The number of esters is 1. The number of likely N-dealkylation sites (tertiary alicyclic amines) is 1. The monoisotopic (exact) mass is 396 g/mol. The molecule has 2 unspecified atom stereocenters. The fourth-order valence-electron chi connectivity index (χ4n) is 4.88. The van der Waals surface area contributed by atoms with E-state index in [1.165, 1.54) is 30.2 Å². The Hall–Kier alpha value is -2.14. The summed E-state index contributed by atoms with van der Waals surface area (Å²) in [5.74, 6) is 1.09. The summed E-state index contributed by atoms with van der Waals surface area (Å²) in [6, 6.07) is 8.56. The highest BCUT2D eigenvalue weighted by atomic mass is 16.5. The van der Waals surface area contributed by atoms with Gasteiger partial charge in [-0.1, -0.05) is 44.1 Å². The third-order valence-electron chi connectivity index (χ3n) is 6.65. The number of aryl methyl sites for hydroxylation is 1. The van der Waals surface area contributed by atoms with E-state index in [2.05, 4.69) is 55.1 Å². The van der Waals surface area contributed by atoms with Gasteiger partial charge in [0.1, 0.15) is 5.69 Å². The molecule has 0 spiro atoms. The zero-order chi connectivity index (χ0) is 20.6. The second-order valence-corrected chi connectivity index (χ2v) is 9.69. The molecule has 156 valence electrons. The van der Waals surface area contributed by atoms with Gasteiger partial charge in [0.2, 0.25) is 0 Å². The maximum Gasteiger partial charge on any atom is 0.309 e. The van der Waals surface area contributed by atoms with Crippen LogP contribution in [-0.4, -0.2) is 36.2 Å². The Labute approximate surface area is 173 Å². The molecule has 2 atom stereocenters. The maximum absolute atomic E-state index is 12.3. The van der Waals surface area contributed by atoms with Gasteiger partial charge in [0, 0.05) is 24.7 Å². The molecule has 4 rings (SSSR count). The van der Waals surface area contributed by atoms with Crippen LogP contribution in [0.2, 0.25) is 0 Å². The average molecular weight is 397 g/mol. The van der Waals surface area contributed by atoms with Crippen LogP contribution in [0.4, 0.5) is 0 Å². The van der Waals surface area contributed by atoms with Crippen molar-refractivity contribution in [2.75, 3.05) is 20.2 Å². The smallest absolute Gasteiger partial charge is 0.309 e. The summed E-state index contributed by atoms with van der Waals surface area (Å²) >= 11 is 0. The molecule has 5 nitrogen and oxygen atoms in total. The molecule has 0 bridgehead atoms. The molecule has 2 aliphatic rings. The van der Waals surface area contributed by atoms with Gasteiger partial charge in [-0.3, -0.25) is 9.69 Å². The van der Waals surface area contributed by atoms with Crippen LogP contribution in [0.3, 0.4) is 0 Å². The van der Waals surface area contributed by atoms with Gasteiger partial charge in [-0.05, 0) is 48.1 Å². The number of rotatable bonds is 4. The Morgan fingerprint density at radius 2 is 2.10 bits per heavy atom. The minimum Gasteiger partial charge on any atom is -0.469 e. The van der Waals surface area contributed by atoms with Crippen molar-refractivity contribution in [3.8, 4) is 11.3 Å². The SMILES string of the molecule is COC(=O)C1CC(C(C)(C)C)CN(Cc2cc(-c3cccc4c3CCC4)no2)C1. The van der Waals surface area contributed by atoms with Crippen LogP contribution in [0, 0.1) is 17.3 Å². The van der Waals surface area contributed by atoms with E-state index in [1.807, 2.05) is 0 Å². The minimum atomic E-state index is -0.109. The van der Waals surface area contributed by atoms with E-state index in [9.17, 15) is 4.79 Å². The number of aromatic nitrogens is 1. The summed E-state index contributed by atoms with van der Waals surface area (Å²) in [5, 5.41) is 4.37. The highest BCUT2D eigenvalue weighted by molar-refractivity contribution is 5.72. The Morgan fingerprint density at radius 1 is 1.28 bits per heavy atom. The number of hydrogen-bond acceptors (Lipinski definition) is 5. The number of hydrogen-bond donors (Lipinski definition) is 0. The van der Waals surface area contributed by atoms with Gasteiger partial charge in [0.05, 0.1) is 19.6 Å². The lowest BCUT2D eigenvalue weighted by atomic mass is 9.73. The molecule has 2 heterocycles. The first kappa shape index (κ1) is 20.1. The van der Waals surface area contributed by atoms with Crippen molar-refractivity contribution in [3.05, 3.63) is 41.2 Å². The van der Waals surface area contributed by atoms with Crippen molar-refractivity contribution in [3.63, 3.8) is 0 Å². The number of piperidine rings is 1.